The molecule has 0 bridgehead atoms. The molecule has 1 saturated carbocycles. The van der Waals surface area contributed by atoms with Crippen LogP contribution in [0.15, 0.2) is 29.3 Å². The Balaban J connectivity index is 1.76. The number of ether oxygens (including phenoxy) is 1. The highest BCUT2D eigenvalue weighted by Crippen LogP contribution is 2.40. The number of hydrogen-bond acceptors (Lipinski definition) is 5. The normalized spacial score (nSPS) is 16.1. The van der Waals surface area contributed by atoms with Gasteiger partial charge in [0.1, 0.15) is 5.69 Å². The third kappa shape index (κ3) is 6.39. The second kappa shape index (κ2) is 10.7. The highest BCUT2D eigenvalue weighted by atomic mass is 16.6. The van der Waals surface area contributed by atoms with Crippen molar-refractivity contribution in [3.05, 3.63) is 34.4 Å². The summed E-state index contributed by atoms with van der Waals surface area (Å²) in [7, 11) is 3.50. The molecule has 3 N–H and O–H groups in total. The van der Waals surface area contributed by atoms with Crippen LogP contribution in [0.3, 0.4) is 0 Å². The summed E-state index contributed by atoms with van der Waals surface area (Å²) in [5.74, 6) is 0.753. The summed E-state index contributed by atoms with van der Waals surface area (Å²) >= 11 is 0. The van der Waals surface area contributed by atoms with Crippen molar-refractivity contribution in [1.29, 1.82) is 0 Å². The molecule has 8 heteroatoms. The third-order valence-corrected chi connectivity index (χ3v) is 5.19. The molecule has 1 aromatic rings. The minimum absolute atomic E-state index is 0.0846. The van der Waals surface area contributed by atoms with Crippen LogP contribution in [0, 0.1) is 15.5 Å². The van der Waals surface area contributed by atoms with E-state index in [1.807, 2.05) is 0 Å². The third-order valence-electron chi connectivity index (χ3n) is 5.19. The molecule has 0 atom stereocenters. The van der Waals surface area contributed by atoms with Crippen LogP contribution in [-0.2, 0) is 4.74 Å². The standard InChI is InChI=1S/C19H31N5O3/c1-20-18(23-15-19(11-14-27-2)9-5-6-10-19)22-13-12-21-16-7-3-4-8-17(16)24(25)26/h3-4,7-8,21H,5-6,9-15H2,1-2H3,(H2,20,22,23). The molecule has 0 amide bonds. The van der Waals surface area contributed by atoms with Crippen LogP contribution in [0.5, 0.6) is 0 Å². The first kappa shape index (κ1) is 21.0. The SMILES string of the molecule is CN=C(NCCNc1ccccc1[N+](=O)[O-])NCC1(CCOC)CCCC1. The highest BCUT2D eigenvalue weighted by Gasteiger charge is 2.33. The molecule has 2 rings (SSSR count). The molecule has 1 aliphatic rings. The van der Waals surface area contributed by atoms with Gasteiger partial charge in [0, 0.05) is 46.5 Å². The van der Waals surface area contributed by atoms with E-state index in [9.17, 15) is 10.1 Å². The molecule has 150 valence electrons. The molecule has 0 spiro atoms. The number of nitro benzene ring substituents is 1. The lowest BCUT2D eigenvalue weighted by atomic mass is 9.83. The van der Waals surface area contributed by atoms with Crippen molar-refractivity contribution in [1.82, 2.24) is 10.6 Å². The quantitative estimate of drug-likeness (QED) is 0.191. The van der Waals surface area contributed by atoms with Crippen molar-refractivity contribution in [2.75, 3.05) is 45.7 Å². The number of nitrogens with one attached hydrogen (secondary N) is 3. The molecule has 1 aliphatic carbocycles. The second-order valence-corrected chi connectivity index (χ2v) is 7.00. The summed E-state index contributed by atoms with van der Waals surface area (Å²) in [5, 5.41) is 20.8. The minimum Gasteiger partial charge on any atom is -0.385 e. The lowest BCUT2D eigenvalue weighted by Gasteiger charge is -2.30. The first-order valence-electron chi connectivity index (χ1n) is 9.51. The number of nitro groups is 1. The zero-order valence-corrected chi connectivity index (χ0v) is 16.3. The van der Waals surface area contributed by atoms with E-state index >= 15 is 0 Å². The van der Waals surface area contributed by atoms with Gasteiger partial charge in [-0.1, -0.05) is 25.0 Å². The molecule has 0 heterocycles. The molecule has 0 unspecified atom stereocenters. The zero-order valence-electron chi connectivity index (χ0n) is 16.3. The number of para-hydroxylation sites is 2. The molecule has 27 heavy (non-hydrogen) atoms. The van der Waals surface area contributed by atoms with Crippen molar-refractivity contribution in [3.63, 3.8) is 0 Å². The molecule has 0 radical (unpaired) electrons. The van der Waals surface area contributed by atoms with Gasteiger partial charge in [-0.3, -0.25) is 15.1 Å². The summed E-state index contributed by atoms with van der Waals surface area (Å²) in [5.41, 5.74) is 0.898. The number of benzene rings is 1. The number of guanidine groups is 1. The van der Waals surface area contributed by atoms with Crippen molar-refractivity contribution in [2.24, 2.45) is 10.4 Å². The Bertz CT molecular complexity index is 630. The number of hydrogen-bond donors (Lipinski definition) is 3. The first-order valence-corrected chi connectivity index (χ1v) is 9.51. The Morgan fingerprint density at radius 2 is 2.00 bits per heavy atom. The largest absolute Gasteiger partial charge is 0.385 e. The van der Waals surface area contributed by atoms with Crippen LogP contribution in [0.2, 0.25) is 0 Å². The summed E-state index contributed by atoms with van der Waals surface area (Å²) in [6.45, 7) is 2.83. The van der Waals surface area contributed by atoms with E-state index in [0.717, 1.165) is 25.5 Å². The van der Waals surface area contributed by atoms with Crippen molar-refractivity contribution < 1.29 is 9.66 Å². The summed E-state index contributed by atoms with van der Waals surface area (Å²) < 4.78 is 5.28. The van der Waals surface area contributed by atoms with Gasteiger partial charge in [0.25, 0.3) is 5.69 Å². The summed E-state index contributed by atoms with van der Waals surface area (Å²) in [6.07, 6.45) is 6.06. The number of methoxy groups -OCH3 is 1. The summed E-state index contributed by atoms with van der Waals surface area (Å²) in [4.78, 5) is 14.9. The average Bonchev–Trinajstić information content (AvgIpc) is 3.15. The zero-order chi connectivity index (χ0) is 19.5. The van der Waals surface area contributed by atoms with E-state index in [-0.39, 0.29) is 16.0 Å². The van der Waals surface area contributed by atoms with Gasteiger partial charge in [0.05, 0.1) is 4.92 Å². The average molecular weight is 377 g/mol. The molecule has 0 saturated heterocycles. The fourth-order valence-corrected chi connectivity index (χ4v) is 3.61. The fraction of sp³-hybridized carbons (Fsp3) is 0.632. The van der Waals surface area contributed by atoms with Crippen molar-refractivity contribution in [2.45, 2.75) is 32.1 Å². The predicted molar refractivity (Wildman–Crippen MR) is 108 cm³/mol. The monoisotopic (exact) mass is 377 g/mol. The van der Waals surface area contributed by atoms with Gasteiger partial charge < -0.3 is 20.7 Å². The number of aliphatic imine (C=N–C) groups is 1. The van der Waals surface area contributed by atoms with Crippen LogP contribution in [0.1, 0.15) is 32.1 Å². The van der Waals surface area contributed by atoms with Crippen LogP contribution in [0.25, 0.3) is 0 Å². The highest BCUT2D eigenvalue weighted by molar-refractivity contribution is 5.79. The van der Waals surface area contributed by atoms with Crippen molar-refractivity contribution in [3.8, 4) is 0 Å². The van der Waals surface area contributed by atoms with Crippen LogP contribution >= 0.6 is 0 Å². The van der Waals surface area contributed by atoms with Gasteiger partial charge in [-0.15, -0.1) is 0 Å². The van der Waals surface area contributed by atoms with Crippen LogP contribution in [0.4, 0.5) is 11.4 Å². The Hall–Kier alpha value is -2.35. The van der Waals surface area contributed by atoms with E-state index in [1.54, 1.807) is 32.4 Å². The van der Waals surface area contributed by atoms with Crippen molar-refractivity contribution >= 4 is 17.3 Å². The van der Waals surface area contributed by atoms with Gasteiger partial charge in [-0.25, -0.2) is 0 Å². The number of anilines is 1. The van der Waals surface area contributed by atoms with Gasteiger partial charge in [0.2, 0.25) is 0 Å². The first-order chi connectivity index (χ1) is 13.1. The maximum atomic E-state index is 11.0. The van der Waals surface area contributed by atoms with Gasteiger partial charge in [-0.2, -0.15) is 0 Å². The Morgan fingerprint density at radius 1 is 1.26 bits per heavy atom. The van der Waals surface area contributed by atoms with E-state index < -0.39 is 0 Å². The smallest absolute Gasteiger partial charge is 0.292 e. The predicted octanol–water partition coefficient (Wildman–Crippen LogP) is 2.77. The fourth-order valence-electron chi connectivity index (χ4n) is 3.61. The van der Waals surface area contributed by atoms with Gasteiger partial charge >= 0.3 is 0 Å². The molecule has 0 aliphatic heterocycles. The molecule has 1 fully saturated rings. The maximum absolute atomic E-state index is 11.0. The van der Waals surface area contributed by atoms with Gasteiger partial charge in [0.15, 0.2) is 5.96 Å². The van der Waals surface area contributed by atoms with Gasteiger partial charge in [-0.05, 0) is 30.7 Å². The molecule has 1 aromatic carbocycles. The maximum Gasteiger partial charge on any atom is 0.292 e. The number of nitrogens with zero attached hydrogens (tertiary/aromatic N) is 2. The summed E-state index contributed by atoms with van der Waals surface area (Å²) in [6, 6.07) is 6.66. The topological polar surface area (TPSA) is 101 Å². The van der Waals surface area contributed by atoms with E-state index in [0.29, 0.717) is 18.8 Å². The van der Waals surface area contributed by atoms with Crippen LogP contribution in [-0.4, -0.2) is 51.3 Å². The lowest BCUT2D eigenvalue weighted by molar-refractivity contribution is -0.384. The van der Waals surface area contributed by atoms with E-state index in [1.165, 1.54) is 31.7 Å². The number of rotatable bonds is 10. The molecule has 8 nitrogen and oxygen atoms in total. The van der Waals surface area contributed by atoms with E-state index in [2.05, 4.69) is 20.9 Å². The lowest BCUT2D eigenvalue weighted by Crippen LogP contribution is -2.44. The Kier molecular flexibility index (Phi) is 8.32. The van der Waals surface area contributed by atoms with Crippen LogP contribution < -0.4 is 16.0 Å². The second-order valence-electron chi connectivity index (χ2n) is 7.00. The van der Waals surface area contributed by atoms with E-state index in [4.69, 9.17) is 4.74 Å². The minimum atomic E-state index is -0.378. The molecular weight excluding hydrogens is 346 g/mol. The molecule has 0 aromatic heterocycles. The molecular formula is C19H31N5O3. The Morgan fingerprint density at radius 3 is 2.67 bits per heavy atom. The Labute approximate surface area is 160 Å².